The zero-order valence-corrected chi connectivity index (χ0v) is 11.7. The Bertz CT molecular complexity index is 598. The van der Waals surface area contributed by atoms with Crippen LogP contribution < -0.4 is 10.5 Å². The first-order chi connectivity index (χ1) is 9.43. The van der Waals surface area contributed by atoms with Crippen molar-refractivity contribution in [2.45, 2.75) is 24.6 Å². The van der Waals surface area contributed by atoms with Gasteiger partial charge in [-0.25, -0.2) is 13.1 Å². The van der Waals surface area contributed by atoms with Crippen molar-refractivity contribution in [1.82, 2.24) is 4.72 Å². The Morgan fingerprint density at radius 3 is 2.60 bits per heavy atom. The van der Waals surface area contributed by atoms with Crippen LogP contribution in [0.5, 0.6) is 0 Å². The zero-order chi connectivity index (χ0) is 14.8. The van der Waals surface area contributed by atoms with Gasteiger partial charge in [0.15, 0.2) is 0 Å². The SMILES string of the molecule is NCC(NS(=O)(=O)Cc1ccccc1[N+](=O)[O-])C1CC1. The third-order valence-corrected chi connectivity index (χ3v) is 4.66. The van der Waals surface area contributed by atoms with E-state index in [9.17, 15) is 18.5 Å². The van der Waals surface area contributed by atoms with Crippen LogP contribution in [0.1, 0.15) is 18.4 Å². The van der Waals surface area contributed by atoms with Crippen LogP contribution in [0.4, 0.5) is 5.69 Å². The zero-order valence-electron chi connectivity index (χ0n) is 10.9. The molecule has 1 aromatic rings. The highest BCUT2D eigenvalue weighted by Gasteiger charge is 2.33. The highest BCUT2D eigenvalue weighted by Crippen LogP contribution is 2.32. The second kappa shape index (κ2) is 5.86. The third kappa shape index (κ3) is 3.75. The van der Waals surface area contributed by atoms with E-state index in [2.05, 4.69) is 4.72 Å². The molecule has 0 bridgehead atoms. The van der Waals surface area contributed by atoms with Gasteiger partial charge < -0.3 is 5.73 Å². The molecule has 1 unspecified atom stereocenters. The molecule has 7 nitrogen and oxygen atoms in total. The number of nitrogens with two attached hydrogens (primary N) is 1. The summed E-state index contributed by atoms with van der Waals surface area (Å²) in [6, 6.07) is 5.56. The Hall–Kier alpha value is -1.51. The van der Waals surface area contributed by atoms with Crippen LogP contribution >= 0.6 is 0 Å². The van der Waals surface area contributed by atoms with E-state index in [0.29, 0.717) is 5.92 Å². The van der Waals surface area contributed by atoms with E-state index in [-0.39, 0.29) is 23.8 Å². The first-order valence-corrected chi connectivity index (χ1v) is 8.00. The van der Waals surface area contributed by atoms with Gasteiger partial charge in [-0.1, -0.05) is 18.2 Å². The van der Waals surface area contributed by atoms with Gasteiger partial charge >= 0.3 is 0 Å². The maximum atomic E-state index is 12.1. The molecule has 1 atom stereocenters. The van der Waals surface area contributed by atoms with Gasteiger partial charge in [-0.3, -0.25) is 10.1 Å². The molecular formula is C12H17N3O4S. The lowest BCUT2D eigenvalue weighted by Gasteiger charge is -2.16. The number of nitrogens with zero attached hydrogens (tertiary/aromatic N) is 1. The first kappa shape index (κ1) is 14.9. The molecule has 1 aliphatic rings. The first-order valence-electron chi connectivity index (χ1n) is 6.35. The van der Waals surface area contributed by atoms with Gasteiger partial charge in [0.25, 0.3) is 5.69 Å². The van der Waals surface area contributed by atoms with Crippen molar-refractivity contribution >= 4 is 15.7 Å². The van der Waals surface area contributed by atoms with Gasteiger partial charge in [0, 0.05) is 24.2 Å². The molecule has 0 heterocycles. The topological polar surface area (TPSA) is 115 Å². The van der Waals surface area contributed by atoms with Crippen molar-refractivity contribution in [3.05, 3.63) is 39.9 Å². The van der Waals surface area contributed by atoms with Crippen LogP contribution in [-0.4, -0.2) is 25.9 Å². The predicted molar refractivity (Wildman–Crippen MR) is 74.4 cm³/mol. The van der Waals surface area contributed by atoms with Crippen LogP contribution in [0, 0.1) is 16.0 Å². The fraction of sp³-hybridized carbons (Fsp3) is 0.500. The van der Waals surface area contributed by atoms with Crippen LogP contribution in [0.25, 0.3) is 0 Å². The molecule has 0 aliphatic heterocycles. The van der Waals surface area contributed by atoms with Crippen molar-refractivity contribution in [2.75, 3.05) is 6.54 Å². The summed E-state index contributed by atoms with van der Waals surface area (Å²) in [4.78, 5) is 10.3. The van der Waals surface area contributed by atoms with Gasteiger partial charge in [-0.15, -0.1) is 0 Å². The van der Waals surface area contributed by atoms with Gasteiger partial charge in [-0.05, 0) is 18.8 Å². The van der Waals surface area contributed by atoms with Crippen molar-refractivity contribution in [2.24, 2.45) is 11.7 Å². The van der Waals surface area contributed by atoms with Crippen molar-refractivity contribution < 1.29 is 13.3 Å². The minimum absolute atomic E-state index is 0.177. The minimum atomic E-state index is -3.64. The second-order valence-corrected chi connectivity index (χ2v) is 6.70. The summed E-state index contributed by atoms with van der Waals surface area (Å²) < 4.78 is 26.7. The highest BCUT2D eigenvalue weighted by molar-refractivity contribution is 7.88. The number of nitro benzene ring substituents is 1. The summed E-state index contributed by atoms with van der Waals surface area (Å²) in [5.74, 6) is -0.117. The Labute approximate surface area is 117 Å². The fourth-order valence-electron chi connectivity index (χ4n) is 2.12. The van der Waals surface area contributed by atoms with Gasteiger partial charge in [-0.2, -0.15) is 0 Å². The molecule has 1 saturated carbocycles. The van der Waals surface area contributed by atoms with E-state index in [4.69, 9.17) is 5.73 Å². The molecule has 3 N–H and O–H groups in total. The highest BCUT2D eigenvalue weighted by atomic mass is 32.2. The molecule has 0 amide bonds. The Kier molecular flexibility index (Phi) is 4.36. The van der Waals surface area contributed by atoms with Gasteiger partial charge in [0.1, 0.15) is 0 Å². The van der Waals surface area contributed by atoms with E-state index in [1.54, 1.807) is 6.07 Å². The lowest BCUT2D eigenvalue weighted by atomic mass is 10.2. The molecule has 0 saturated heterocycles. The summed E-state index contributed by atoms with van der Waals surface area (Å²) in [6.45, 7) is 0.237. The number of benzene rings is 1. The number of sulfonamides is 1. The average molecular weight is 299 g/mol. The molecule has 0 radical (unpaired) electrons. The van der Waals surface area contributed by atoms with Crippen LogP contribution in [0.15, 0.2) is 24.3 Å². The lowest BCUT2D eigenvalue weighted by molar-refractivity contribution is -0.385. The van der Waals surface area contributed by atoms with Gasteiger partial charge in [0.05, 0.1) is 10.7 Å². The van der Waals surface area contributed by atoms with E-state index in [0.717, 1.165) is 12.8 Å². The van der Waals surface area contributed by atoms with E-state index >= 15 is 0 Å². The van der Waals surface area contributed by atoms with Crippen LogP contribution in [0.3, 0.4) is 0 Å². The van der Waals surface area contributed by atoms with Crippen molar-refractivity contribution in [3.63, 3.8) is 0 Å². The molecule has 0 aromatic heterocycles. The maximum absolute atomic E-state index is 12.1. The lowest BCUT2D eigenvalue weighted by Crippen LogP contribution is -2.42. The molecule has 1 fully saturated rings. The number of hydrogen-bond acceptors (Lipinski definition) is 5. The van der Waals surface area contributed by atoms with E-state index in [1.165, 1.54) is 18.2 Å². The largest absolute Gasteiger partial charge is 0.329 e. The molecule has 2 rings (SSSR count). The minimum Gasteiger partial charge on any atom is -0.329 e. The predicted octanol–water partition coefficient (Wildman–Crippen LogP) is 0.752. The monoisotopic (exact) mass is 299 g/mol. The summed E-state index contributed by atoms with van der Waals surface area (Å²) in [7, 11) is -3.64. The number of nitrogens with one attached hydrogen (secondary N) is 1. The summed E-state index contributed by atoms with van der Waals surface area (Å²) >= 11 is 0. The normalized spacial score (nSPS) is 16.9. The summed E-state index contributed by atoms with van der Waals surface area (Å²) in [6.07, 6.45) is 1.94. The van der Waals surface area contributed by atoms with Gasteiger partial charge in [0.2, 0.25) is 10.0 Å². The Morgan fingerprint density at radius 2 is 2.05 bits per heavy atom. The van der Waals surface area contributed by atoms with E-state index < -0.39 is 20.7 Å². The molecule has 8 heteroatoms. The van der Waals surface area contributed by atoms with Crippen LogP contribution in [0.2, 0.25) is 0 Å². The van der Waals surface area contributed by atoms with Crippen molar-refractivity contribution in [1.29, 1.82) is 0 Å². The molecule has 1 aromatic carbocycles. The standard InChI is InChI=1S/C12H17N3O4S/c13-7-11(9-5-6-9)14-20(18,19)8-10-3-1-2-4-12(10)15(16)17/h1-4,9,11,14H,5-8,13H2. The van der Waals surface area contributed by atoms with E-state index in [1.807, 2.05) is 0 Å². The molecule has 110 valence electrons. The molecule has 0 spiro atoms. The smallest absolute Gasteiger partial charge is 0.273 e. The third-order valence-electron chi connectivity index (χ3n) is 3.31. The maximum Gasteiger partial charge on any atom is 0.273 e. The number of nitro groups is 1. The molecular weight excluding hydrogens is 282 g/mol. The Balaban J connectivity index is 2.13. The summed E-state index contributed by atoms with van der Waals surface area (Å²) in [5, 5.41) is 10.9. The Morgan fingerprint density at radius 1 is 1.40 bits per heavy atom. The number of para-hydroxylation sites is 1. The quantitative estimate of drug-likeness (QED) is 0.569. The van der Waals surface area contributed by atoms with Crippen LogP contribution in [-0.2, 0) is 15.8 Å². The summed E-state index contributed by atoms with van der Waals surface area (Å²) in [5.41, 5.74) is 5.55. The second-order valence-electron chi connectivity index (χ2n) is 4.94. The average Bonchev–Trinajstić information content (AvgIpc) is 3.20. The number of rotatable bonds is 7. The molecule has 1 aliphatic carbocycles. The molecule has 20 heavy (non-hydrogen) atoms. The van der Waals surface area contributed by atoms with Crippen molar-refractivity contribution in [3.8, 4) is 0 Å². The fourth-order valence-corrected chi connectivity index (χ4v) is 3.61. The number of hydrogen-bond donors (Lipinski definition) is 2.